The summed E-state index contributed by atoms with van der Waals surface area (Å²) < 4.78 is 7.53. The monoisotopic (exact) mass is 485 g/mol. The molecular weight excluding hydrogens is 454 g/mol. The fourth-order valence-corrected chi connectivity index (χ4v) is 6.31. The second-order valence-corrected chi connectivity index (χ2v) is 10.8. The van der Waals surface area contributed by atoms with Crippen LogP contribution in [0.5, 0.6) is 0 Å². The topological polar surface area (TPSA) is 73.2 Å². The number of ether oxygens (including phenoxy) is 1. The highest BCUT2D eigenvalue weighted by molar-refractivity contribution is 7.99. The molecule has 1 aliphatic heterocycles. The van der Waals surface area contributed by atoms with Gasteiger partial charge < -0.3 is 10.1 Å². The summed E-state index contributed by atoms with van der Waals surface area (Å²) in [6, 6.07) is 7.87. The van der Waals surface area contributed by atoms with E-state index in [2.05, 4.69) is 26.1 Å². The van der Waals surface area contributed by atoms with Gasteiger partial charge in [0.25, 0.3) is 5.56 Å². The fraction of sp³-hybridized carbons (Fsp3) is 0.480. The Kier molecular flexibility index (Phi) is 7.56. The quantitative estimate of drug-likeness (QED) is 0.343. The van der Waals surface area contributed by atoms with Crippen molar-refractivity contribution in [1.29, 1.82) is 0 Å². The Morgan fingerprint density at radius 3 is 2.85 bits per heavy atom. The van der Waals surface area contributed by atoms with Crippen molar-refractivity contribution in [2.75, 3.05) is 17.7 Å². The third kappa shape index (κ3) is 5.18. The van der Waals surface area contributed by atoms with Crippen LogP contribution in [0, 0.1) is 6.92 Å². The van der Waals surface area contributed by atoms with Crippen molar-refractivity contribution in [2.45, 2.75) is 70.7 Å². The minimum atomic E-state index is -0.109. The molecular formula is C25H31N3O3S2. The van der Waals surface area contributed by atoms with E-state index in [4.69, 9.17) is 9.72 Å². The average Bonchev–Trinajstić information content (AvgIpc) is 3.41. The number of aromatic nitrogens is 2. The highest BCUT2D eigenvalue weighted by Crippen LogP contribution is 2.30. The Balaban J connectivity index is 1.61. The van der Waals surface area contributed by atoms with Crippen LogP contribution in [0.4, 0.5) is 5.69 Å². The Hall–Kier alpha value is -2.16. The van der Waals surface area contributed by atoms with E-state index < -0.39 is 0 Å². The zero-order chi connectivity index (χ0) is 23.5. The van der Waals surface area contributed by atoms with Crippen LogP contribution < -0.4 is 10.9 Å². The minimum Gasteiger partial charge on any atom is -0.376 e. The number of benzene rings is 1. The molecule has 0 aliphatic carbocycles. The number of thioether (sulfide) groups is 1. The summed E-state index contributed by atoms with van der Waals surface area (Å²) in [5.74, 6) is 0.383. The molecule has 4 rings (SSSR count). The Labute approximate surface area is 202 Å². The van der Waals surface area contributed by atoms with Gasteiger partial charge in [-0.1, -0.05) is 50.7 Å². The molecule has 6 nitrogen and oxygen atoms in total. The molecule has 1 aliphatic rings. The average molecular weight is 486 g/mol. The summed E-state index contributed by atoms with van der Waals surface area (Å²) in [5, 5.41) is 4.33. The number of carbonyl (C=O) groups is 1. The lowest BCUT2D eigenvalue weighted by molar-refractivity contribution is -0.113. The molecule has 1 fully saturated rings. The van der Waals surface area contributed by atoms with Crippen LogP contribution in [0.2, 0.25) is 0 Å². The molecule has 3 aromatic rings. The van der Waals surface area contributed by atoms with Gasteiger partial charge in [-0.2, -0.15) is 0 Å². The molecule has 176 valence electrons. The second-order valence-electron chi connectivity index (χ2n) is 8.69. The van der Waals surface area contributed by atoms with Crippen LogP contribution >= 0.6 is 23.1 Å². The summed E-state index contributed by atoms with van der Waals surface area (Å²) in [6.07, 6.45) is 2.75. The van der Waals surface area contributed by atoms with Crippen molar-refractivity contribution in [1.82, 2.24) is 9.55 Å². The molecule has 1 atom stereocenters. The first-order chi connectivity index (χ1) is 15.9. The number of amides is 1. The number of thiophene rings is 1. The summed E-state index contributed by atoms with van der Waals surface area (Å²) in [4.78, 5) is 33.1. The van der Waals surface area contributed by atoms with Crippen LogP contribution in [-0.4, -0.2) is 33.9 Å². The smallest absolute Gasteiger partial charge is 0.263 e. The van der Waals surface area contributed by atoms with Crippen molar-refractivity contribution in [3.05, 3.63) is 50.6 Å². The Bertz CT molecular complexity index is 1210. The first-order valence-corrected chi connectivity index (χ1v) is 13.3. The number of nitrogens with one attached hydrogen (secondary N) is 1. The summed E-state index contributed by atoms with van der Waals surface area (Å²) in [7, 11) is 0. The first-order valence-electron chi connectivity index (χ1n) is 11.5. The number of hydrogen-bond acceptors (Lipinski definition) is 6. The largest absolute Gasteiger partial charge is 0.376 e. The van der Waals surface area contributed by atoms with Gasteiger partial charge in [-0.25, -0.2) is 4.98 Å². The number of anilines is 1. The van der Waals surface area contributed by atoms with Gasteiger partial charge >= 0.3 is 0 Å². The van der Waals surface area contributed by atoms with Crippen LogP contribution in [0.1, 0.15) is 55.5 Å². The standard InChI is InChI=1S/C25H31N3O3S2/c1-5-18-16(4)33-23-22(18)24(30)28(13-17-9-8-12-31-17)25(27-23)32-14-21(29)26-20-11-7-6-10-19(20)15(2)3/h6-7,10-11,15,17H,5,8-9,12-14H2,1-4H3,(H,26,29). The lowest BCUT2D eigenvalue weighted by Gasteiger charge is -2.16. The van der Waals surface area contributed by atoms with Crippen LogP contribution in [0.25, 0.3) is 10.2 Å². The van der Waals surface area contributed by atoms with Crippen molar-refractivity contribution in [2.24, 2.45) is 0 Å². The SMILES string of the molecule is CCc1c(C)sc2nc(SCC(=O)Nc3ccccc3C(C)C)n(CC3CCCO3)c(=O)c12. The number of fused-ring (bicyclic) bond motifs is 1. The molecule has 0 spiro atoms. The number of rotatable bonds is 8. The van der Waals surface area contributed by atoms with Crippen molar-refractivity contribution >= 4 is 44.9 Å². The van der Waals surface area contributed by atoms with E-state index in [0.29, 0.717) is 17.6 Å². The number of aryl methyl sites for hydroxylation is 2. The van der Waals surface area contributed by atoms with Crippen LogP contribution in [0.15, 0.2) is 34.2 Å². The second kappa shape index (κ2) is 10.4. The van der Waals surface area contributed by atoms with Gasteiger partial charge in [0.15, 0.2) is 5.16 Å². The third-order valence-corrected chi connectivity index (χ3v) is 8.05. The molecule has 2 aromatic heterocycles. The van der Waals surface area contributed by atoms with Gasteiger partial charge in [0.2, 0.25) is 5.91 Å². The molecule has 0 radical (unpaired) electrons. The number of carbonyl (C=O) groups excluding carboxylic acids is 1. The van der Waals surface area contributed by atoms with Gasteiger partial charge in [0.05, 0.1) is 23.8 Å². The molecule has 0 saturated carbocycles. The number of nitrogens with zero attached hydrogens (tertiary/aromatic N) is 2. The maximum absolute atomic E-state index is 13.5. The summed E-state index contributed by atoms with van der Waals surface area (Å²) >= 11 is 2.87. The van der Waals surface area contributed by atoms with Crippen molar-refractivity contribution in [3.63, 3.8) is 0 Å². The lowest BCUT2D eigenvalue weighted by Crippen LogP contribution is -2.29. The van der Waals surface area contributed by atoms with E-state index in [0.717, 1.165) is 57.8 Å². The third-order valence-electron chi connectivity index (χ3n) is 6.03. The lowest BCUT2D eigenvalue weighted by atomic mass is 10.0. The molecule has 3 heterocycles. The van der Waals surface area contributed by atoms with E-state index in [1.54, 1.807) is 15.9 Å². The minimum absolute atomic E-state index is 0.0119. The maximum Gasteiger partial charge on any atom is 0.263 e. The van der Waals surface area contributed by atoms with Gasteiger partial charge in [-0.05, 0) is 49.3 Å². The predicted molar refractivity (Wildman–Crippen MR) is 137 cm³/mol. The first kappa shape index (κ1) is 24.0. The number of hydrogen-bond donors (Lipinski definition) is 1. The van der Waals surface area contributed by atoms with Gasteiger partial charge in [-0.15, -0.1) is 11.3 Å². The van der Waals surface area contributed by atoms with Gasteiger partial charge in [0, 0.05) is 17.2 Å². The zero-order valence-corrected chi connectivity index (χ0v) is 21.3. The Morgan fingerprint density at radius 1 is 1.36 bits per heavy atom. The van der Waals surface area contributed by atoms with E-state index in [9.17, 15) is 9.59 Å². The summed E-state index contributed by atoms with van der Waals surface area (Å²) in [5.41, 5.74) is 2.99. The molecule has 1 N–H and O–H groups in total. The summed E-state index contributed by atoms with van der Waals surface area (Å²) in [6.45, 7) is 9.53. The van der Waals surface area contributed by atoms with E-state index >= 15 is 0 Å². The molecule has 8 heteroatoms. The molecule has 1 unspecified atom stereocenters. The molecule has 1 amide bonds. The van der Waals surface area contributed by atoms with Crippen LogP contribution in [0.3, 0.4) is 0 Å². The molecule has 0 bridgehead atoms. The van der Waals surface area contributed by atoms with Crippen molar-refractivity contribution in [3.8, 4) is 0 Å². The van der Waals surface area contributed by atoms with E-state index in [1.165, 1.54) is 11.8 Å². The maximum atomic E-state index is 13.5. The highest BCUT2D eigenvalue weighted by Gasteiger charge is 2.23. The van der Waals surface area contributed by atoms with Gasteiger partial charge in [-0.3, -0.25) is 14.2 Å². The Morgan fingerprint density at radius 2 is 2.15 bits per heavy atom. The normalized spacial score (nSPS) is 16.1. The van der Waals surface area contributed by atoms with E-state index in [1.807, 2.05) is 31.2 Å². The highest BCUT2D eigenvalue weighted by atomic mass is 32.2. The number of para-hydroxylation sites is 1. The van der Waals surface area contributed by atoms with Gasteiger partial charge in [0.1, 0.15) is 4.83 Å². The molecule has 33 heavy (non-hydrogen) atoms. The van der Waals surface area contributed by atoms with Crippen molar-refractivity contribution < 1.29 is 9.53 Å². The molecule has 1 saturated heterocycles. The van der Waals surface area contributed by atoms with E-state index in [-0.39, 0.29) is 23.3 Å². The predicted octanol–water partition coefficient (Wildman–Crippen LogP) is 5.36. The fourth-order valence-electron chi connectivity index (χ4n) is 4.35. The molecule has 1 aromatic carbocycles. The van der Waals surface area contributed by atoms with Crippen LogP contribution in [-0.2, 0) is 22.5 Å². The zero-order valence-electron chi connectivity index (χ0n) is 19.6.